The third kappa shape index (κ3) is 2.79. The number of aliphatic hydroxyl groups excluding tert-OH is 4. The van der Waals surface area contributed by atoms with Crippen LogP contribution in [0.15, 0.2) is 12.1 Å². The summed E-state index contributed by atoms with van der Waals surface area (Å²) in [7, 11) is 2.15. The molecule has 1 spiro atoms. The third-order valence-electron chi connectivity index (χ3n) is 8.60. The summed E-state index contributed by atoms with van der Waals surface area (Å²) in [6.07, 6.45) is -6.18. The van der Waals surface area contributed by atoms with Gasteiger partial charge in [0.2, 0.25) is 6.29 Å². The number of benzene rings is 1. The maximum absolute atomic E-state index is 11.5. The number of nitrogens with zero attached hydrogens (tertiary/aromatic N) is 1. The quantitative estimate of drug-likeness (QED) is 0.377. The Balaban J connectivity index is 1.40. The van der Waals surface area contributed by atoms with Gasteiger partial charge >= 0.3 is 5.97 Å². The van der Waals surface area contributed by atoms with E-state index in [2.05, 4.69) is 11.9 Å². The van der Waals surface area contributed by atoms with Crippen LogP contribution in [0.25, 0.3) is 0 Å². The van der Waals surface area contributed by atoms with Crippen molar-refractivity contribution in [3.63, 3.8) is 0 Å². The van der Waals surface area contributed by atoms with Gasteiger partial charge in [0.1, 0.15) is 24.4 Å². The molecule has 3 aliphatic heterocycles. The molecule has 0 aromatic heterocycles. The number of carboxylic acids is 1. The van der Waals surface area contributed by atoms with Crippen LogP contribution in [0.5, 0.6) is 11.5 Å². The van der Waals surface area contributed by atoms with Crippen molar-refractivity contribution in [1.29, 1.82) is 0 Å². The van der Waals surface area contributed by atoms with E-state index in [1.165, 1.54) is 0 Å². The number of rotatable bonds is 3. The number of aliphatic carboxylic acids is 1. The number of hydrogen-bond acceptors (Lipinski definition) is 9. The Labute approximate surface area is 190 Å². The number of piperidine rings is 1. The molecule has 10 nitrogen and oxygen atoms in total. The lowest BCUT2D eigenvalue weighted by molar-refractivity contribution is -0.271. The van der Waals surface area contributed by atoms with Gasteiger partial charge in [-0.2, -0.15) is 0 Å². The van der Waals surface area contributed by atoms with Gasteiger partial charge in [-0.3, -0.25) is 0 Å². The third-order valence-corrected chi connectivity index (χ3v) is 8.60. The Morgan fingerprint density at radius 1 is 1.15 bits per heavy atom. The smallest absolute Gasteiger partial charge is 0.335 e. The highest BCUT2D eigenvalue weighted by molar-refractivity contribution is 5.73. The second-order valence-corrected chi connectivity index (χ2v) is 10.1. The summed E-state index contributed by atoms with van der Waals surface area (Å²) < 4.78 is 17.6. The molecule has 0 amide bonds. The summed E-state index contributed by atoms with van der Waals surface area (Å²) in [6, 6.07) is 4.03. The maximum Gasteiger partial charge on any atom is 0.335 e. The van der Waals surface area contributed by atoms with E-state index < -0.39 is 48.9 Å². The zero-order chi connectivity index (χ0) is 23.2. The monoisotopic (exact) mass is 463 g/mol. The predicted molar refractivity (Wildman–Crippen MR) is 111 cm³/mol. The SMILES string of the molecule is CN1CC[C@]23c4c5ccc(O[C@@H]6O[C@H](C(=O)O)[C@@H](O)[C@H](O)[C@H]6O)c4O[C@H]2C(O)CC[C@H]3[C@H]1C5. The molecule has 1 aromatic rings. The average molecular weight is 463 g/mol. The lowest BCUT2D eigenvalue weighted by Crippen LogP contribution is -2.66. The summed E-state index contributed by atoms with van der Waals surface area (Å²) in [5.74, 6) is -0.368. The van der Waals surface area contributed by atoms with Gasteiger partial charge in [0.25, 0.3) is 0 Å². The van der Waals surface area contributed by atoms with Crippen molar-refractivity contribution in [2.24, 2.45) is 5.92 Å². The van der Waals surface area contributed by atoms with Gasteiger partial charge in [-0.05, 0) is 56.8 Å². The molecule has 6 rings (SSSR count). The molecule has 0 radical (unpaired) electrons. The highest BCUT2D eigenvalue weighted by Gasteiger charge is 2.65. The van der Waals surface area contributed by atoms with Crippen LogP contribution in [0.3, 0.4) is 0 Å². The molecule has 3 heterocycles. The molecule has 5 aliphatic rings. The van der Waals surface area contributed by atoms with E-state index in [0.29, 0.717) is 24.1 Å². The van der Waals surface area contributed by atoms with Crippen molar-refractivity contribution in [3.8, 4) is 11.5 Å². The second-order valence-electron chi connectivity index (χ2n) is 10.1. The molecule has 1 saturated carbocycles. The van der Waals surface area contributed by atoms with Gasteiger partial charge in [-0.1, -0.05) is 6.07 Å². The molecule has 2 saturated heterocycles. The Kier molecular flexibility index (Phi) is 4.75. The zero-order valence-electron chi connectivity index (χ0n) is 18.2. The lowest BCUT2D eigenvalue weighted by Gasteiger charge is -2.58. The van der Waals surface area contributed by atoms with Gasteiger partial charge in [-0.25, -0.2) is 4.79 Å². The van der Waals surface area contributed by atoms with Crippen LogP contribution in [0.2, 0.25) is 0 Å². The first-order chi connectivity index (χ1) is 15.7. The first-order valence-corrected chi connectivity index (χ1v) is 11.5. The first-order valence-electron chi connectivity index (χ1n) is 11.5. The highest BCUT2D eigenvalue weighted by Crippen LogP contribution is 2.63. The number of likely N-dealkylation sites (N-methyl/N-ethyl adjacent to an activating group) is 1. The molecule has 5 N–H and O–H groups in total. The molecule has 2 aliphatic carbocycles. The summed E-state index contributed by atoms with van der Waals surface area (Å²) in [5.41, 5.74) is 1.87. The largest absolute Gasteiger partial charge is 0.483 e. The van der Waals surface area contributed by atoms with Crippen LogP contribution < -0.4 is 9.47 Å². The van der Waals surface area contributed by atoms with Crippen LogP contribution in [0, 0.1) is 5.92 Å². The van der Waals surface area contributed by atoms with Gasteiger partial charge < -0.3 is 44.6 Å². The lowest BCUT2D eigenvalue weighted by atomic mass is 9.51. The fourth-order valence-electron chi connectivity index (χ4n) is 7.07. The predicted octanol–water partition coefficient (Wildman–Crippen LogP) is -1.01. The minimum atomic E-state index is -1.79. The average Bonchev–Trinajstić information content (AvgIpc) is 3.14. The molecular formula is C23H29NO9. The highest BCUT2D eigenvalue weighted by atomic mass is 16.7. The maximum atomic E-state index is 11.5. The normalized spacial score (nSPS) is 45.8. The van der Waals surface area contributed by atoms with Crippen LogP contribution in [-0.2, 0) is 21.4 Å². The van der Waals surface area contributed by atoms with E-state index in [1.807, 2.05) is 6.07 Å². The first kappa shape index (κ1) is 21.6. The number of aliphatic hydroxyl groups is 4. The molecule has 33 heavy (non-hydrogen) atoms. The van der Waals surface area contributed by atoms with Gasteiger partial charge in [0.05, 0.1) is 6.10 Å². The molecule has 1 unspecified atom stereocenters. The molecule has 2 bridgehead atoms. The molecule has 10 heteroatoms. The van der Waals surface area contributed by atoms with Crippen LogP contribution in [0.1, 0.15) is 30.4 Å². The van der Waals surface area contributed by atoms with E-state index in [-0.39, 0.29) is 11.2 Å². The summed E-state index contributed by atoms with van der Waals surface area (Å²) in [4.78, 5) is 13.9. The van der Waals surface area contributed by atoms with Crippen molar-refractivity contribution in [2.75, 3.05) is 13.6 Å². The summed E-state index contributed by atoms with van der Waals surface area (Å²) >= 11 is 0. The van der Waals surface area contributed by atoms with E-state index in [4.69, 9.17) is 14.2 Å². The van der Waals surface area contributed by atoms with Crippen molar-refractivity contribution >= 4 is 5.97 Å². The van der Waals surface area contributed by atoms with Crippen LogP contribution >= 0.6 is 0 Å². The van der Waals surface area contributed by atoms with Gasteiger partial charge in [0, 0.05) is 17.0 Å². The number of likely N-dealkylation sites (tertiary alicyclic amines) is 1. The zero-order valence-corrected chi connectivity index (χ0v) is 18.2. The van der Waals surface area contributed by atoms with E-state index in [0.717, 1.165) is 36.9 Å². The van der Waals surface area contributed by atoms with Crippen molar-refractivity contribution in [2.45, 2.75) is 80.1 Å². The van der Waals surface area contributed by atoms with E-state index in [9.17, 15) is 30.3 Å². The minimum absolute atomic E-state index is 0.262. The summed E-state index contributed by atoms with van der Waals surface area (Å²) in [6.45, 7) is 0.895. The standard InChI is InChI=1S/C23H29NO9/c1-24-7-6-23-10-3-4-12(25)20(23)32-18-13(5-2-9(14(18)23)8-11(10)24)31-22-17(28)15(26)16(27)19(33-22)21(29)30/h2,5,10-12,15-17,19-20,22,25-28H,3-4,6-8H2,1H3,(H,29,30)/t10-,11+,12?,15-,16-,17+,19-,20-,22+,23-/m0/s1. The number of carboxylic acid groups (broad SMARTS) is 1. The van der Waals surface area contributed by atoms with Gasteiger partial charge in [0.15, 0.2) is 17.6 Å². The van der Waals surface area contributed by atoms with Crippen LogP contribution in [0.4, 0.5) is 0 Å². The number of carbonyl (C=O) groups is 1. The summed E-state index contributed by atoms with van der Waals surface area (Å²) in [5, 5.41) is 50.7. The second kappa shape index (κ2) is 7.27. The number of ether oxygens (including phenoxy) is 3. The molecule has 3 fully saturated rings. The van der Waals surface area contributed by atoms with Crippen molar-refractivity contribution in [3.05, 3.63) is 23.3 Å². The van der Waals surface area contributed by atoms with Crippen LogP contribution in [-0.4, -0.2) is 98.9 Å². The van der Waals surface area contributed by atoms with Gasteiger partial charge in [-0.15, -0.1) is 0 Å². The molecular weight excluding hydrogens is 434 g/mol. The van der Waals surface area contributed by atoms with Crippen molar-refractivity contribution in [1.82, 2.24) is 4.90 Å². The Morgan fingerprint density at radius 3 is 2.70 bits per heavy atom. The molecule has 1 aromatic carbocycles. The fraction of sp³-hybridized carbons (Fsp3) is 0.696. The topological polar surface area (TPSA) is 149 Å². The fourth-order valence-corrected chi connectivity index (χ4v) is 7.07. The minimum Gasteiger partial charge on any atom is -0.483 e. The molecule has 10 atom stereocenters. The van der Waals surface area contributed by atoms with E-state index in [1.54, 1.807) is 6.07 Å². The molecule has 180 valence electrons. The Morgan fingerprint density at radius 2 is 1.94 bits per heavy atom. The Hall–Kier alpha value is -1.95. The Bertz CT molecular complexity index is 987. The number of hydrogen-bond donors (Lipinski definition) is 5. The van der Waals surface area contributed by atoms with E-state index >= 15 is 0 Å². The van der Waals surface area contributed by atoms with Crippen molar-refractivity contribution < 1.29 is 44.5 Å².